The van der Waals surface area contributed by atoms with Gasteiger partial charge in [-0.05, 0) is 30.7 Å². The minimum absolute atomic E-state index is 0.108. The second-order valence-electron chi connectivity index (χ2n) is 5.42. The first-order valence-electron chi connectivity index (χ1n) is 6.69. The van der Waals surface area contributed by atoms with Crippen molar-refractivity contribution in [3.05, 3.63) is 38.9 Å². The smallest absolute Gasteiger partial charge is 0.270 e. The van der Waals surface area contributed by atoms with Gasteiger partial charge in [-0.2, -0.15) is 0 Å². The van der Waals surface area contributed by atoms with Gasteiger partial charge < -0.3 is 5.32 Å². The van der Waals surface area contributed by atoms with Gasteiger partial charge in [0.05, 0.1) is 15.5 Å². The molecule has 20 heavy (non-hydrogen) atoms. The molecular formula is C14H17ClN2O3. The van der Waals surface area contributed by atoms with E-state index < -0.39 is 4.92 Å². The number of amides is 1. The fraction of sp³-hybridized carbons (Fsp3) is 0.500. The predicted octanol–water partition coefficient (Wildman–Crippen LogP) is 3.41. The average molecular weight is 297 g/mol. The van der Waals surface area contributed by atoms with Gasteiger partial charge in [0.2, 0.25) is 0 Å². The van der Waals surface area contributed by atoms with Crippen molar-refractivity contribution in [3.63, 3.8) is 0 Å². The summed E-state index contributed by atoms with van der Waals surface area (Å²) in [7, 11) is 0. The lowest BCUT2D eigenvalue weighted by Gasteiger charge is -2.11. The quantitative estimate of drug-likeness (QED) is 0.683. The largest absolute Gasteiger partial charge is 0.352 e. The minimum Gasteiger partial charge on any atom is -0.352 e. The molecule has 6 heteroatoms. The Balaban J connectivity index is 1.97. The first-order valence-corrected chi connectivity index (χ1v) is 7.07. The van der Waals surface area contributed by atoms with Crippen LogP contribution in [0.25, 0.3) is 0 Å². The summed E-state index contributed by atoms with van der Waals surface area (Å²) in [5.41, 5.74) is 0.166. The summed E-state index contributed by atoms with van der Waals surface area (Å²) in [6.07, 6.45) is 3.47. The van der Waals surface area contributed by atoms with Gasteiger partial charge in [0.1, 0.15) is 0 Å². The number of rotatable bonds is 4. The number of non-ortho nitro benzene ring substituents is 1. The van der Waals surface area contributed by atoms with Gasteiger partial charge in [0.25, 0.3) is 11.6 Å². The fourth-order valence-corrected chi connectivity index (χ4v) is 2.90. The predicted molar refractivity (Wildman–Crippen MR) is 76.9 cm³/mol. The summed E-state index contributed by atoms with van der Waals surface area (Å²) in [6.45, 7) is 2.85. The third-order valence-electron chi connectivity index (χ3n) is 3.76. The Morgan fingerprint density at radius 1 is 1.50 bits per heavy atom. The number of nitro groups is 1. The van der Waals surface area contributed by atoms with Crippen LogP contribution in [0.3, 0.4) is 0 Å². The van der Waals surface area contributed by atoms with Gasteiger partial charge in [-0.15, -0.1) is 0 Å². The van der Waals surface area contributed by atoms with E-state index in [-0.39, 0.29) is 22.2 Å². The Kier molecular flexibility index (Phi) is 4.60. The van der Waals surface area contributed by atoms with Crippen LogP contribution in [0.15, 0.2) is 18.2 Å². The lowest BCUT2D eigenvalue weighted by atomic mass is 10.1. The third kappa shape index (κ3) is 3.48. The number of nitrogens with zero attached hydrogens (tertiary/aromatic N) is 1. The zero-order chi connectivity index (χ0) is 14.7. The summed E-state index contributed by atoms with van der Waals surface area (Å²) in [6, 6.07) is 3.89. The van der Waals surface area contributed by atoms with Crippen LogP contribution >= 0.6 is 11.6 Å². The Labute approximate surface area is 122 Å². The maximum Gasteiger partial charge on any atom is 0.270 e. The molecule has 0 aromatic heterocycles. The number of carbonyl (C=O) groups excluding carboxylic acids is 1. The number of hydrogen-bond donors (Lipinski definition) is 1. The van der Waals surface area contributed by atoms with Crippen LogP contribution in [0.2, 0.25) is 5.02 Å². The van der Waals surface area contributed by atoms with E-state index in [1.165, 1.54) is 24.6 Å². The van der Waals surface area contributed by atoms with Crippen molar-refractivity contribution >= 4 is 23.2 Å². The molecule has 1 amide bonds. The zero-order valence-corrected chi connectivity index (χ0v) is 12.0. The van der Waals surface area contributed by atoms with Crippen molar-refractivity contribution in [1.29, 1.82) is 0 Å². The Morgan fingerprint density at radius 3 is 2.80 bits per heavy atom. The normalized spacial score (nSPS) is 21.7. The van der Waals surface area contributed by atoms with Crippen molar-refractivity contribution in [2.24, 2.45) is 11.8 Å². The van der Waals surface area contributed by atoms with E-state index in [1.807, 2.05) is 0 Å². The molecule has 2 atom stereocenters. The van der Waals surface area contributed by atoms with Gasteiger partial charge in [0.15, 0.2) is 0 Å². The first kappa shape index (κ1) is 14.8. The molecule has 0 spiro atoms. The maximum atomic E-state index is 12.0. The molecule has 0 bridgehead atoms. The minimum atomic E-state index is -0.534. The molecule has 1 aliphatic rings. The highest BCUT2D eigenvalue weighted by atomic mass is 35.5. The fourth-order valence-electron chi connectivity index (χ4n) is 2.64. The van der Waals surface area contributed by atoms with Gasteiger partial charge in [-0.25, -0.2) is 0 Å². The van der Waals surface area contributed by atoms with E-state index >= 15 is 0 Å². The molecule has 1 N–H and O–H groups in total. The van der Waals surface area contributed by atoms with E-state index in [0.29, 0.717) is 12.5 Å². The number of carbonyl (C=O) groups is 1. The van der Waals surface area contributed by atoms with Crippen molar-refractivity contribution < 1.29 is 9.72 Å². The molecule has 1 aliphatic carbocycles. The SMILES string of the molecule is CC1CCC(CNC(=O)c2ccc([N+](=O)[O-])cc2Cl)C1. The molecule has 0 saturated heterocycles. The van der Waals surface area contributed by atoms with Crippen LogP contribution in [0.5, 0.6) is 0 Å². The van der Waals surface area contributed by atoms with Crippen molar-refractivity contribution in [2.45, 2.75) is 26.2 Å². The Morgan fingerprint density at radius 2 is 2.25 bits per heavy atom. The van der Waals surface area contributed by atoms with Crippen LogP contribution in [0.1, 0.15) is 36.5 Å². The van der Waals surface area contributed by atoms with Crippen LogP contribution in [0, 0.1) is 22.0 Å². The highest BCUT2D eigenvalue weighted by Gasteiger charge is 2.22. The van der Waals surface area contributed by atoms with E-state index in [1.54, 1.807) is 0 Å². The molecule has 108 valence electrons. The van der Waals surface area contributed by atoms with Gasteiger partial charge in [-0.1, -0.05) is 24.9 Å². The Hall–Kier alpha value is -1.62. The molecule has 0 heterocycles. The lowest BCUT2D eigenvalue weighted by Crippen LogP contribution is -2.28. The standard InChI is InChI=1S/C14H17ClN2O3/c1-9-2-3-10(6-9)8-16-14(18)12-5-4-11(17(19)20)7-13(12)15/h4-5,7,9-10H,2-3,6,8H2,1H3,(H,16,18). The molecular weight excluding hydrogens is 280 g/mol. The van der Waals surface area contributed by atoms with E-state index in [0.717, 1.165) is 18.8 Å². The highest BCUT2D eigenvalue weighted by Crippen LogP contribution is 2.29. The number of hydrogen-bond acceptors (Lipinski definition) is 3. The molecule has 5 nitrogen and oxygen atoms in total. The molecule has 1 saturated carbocycles. The number of nitro benzene ring substituents is 1. The van der Waals surface area contributed by atoms with Crippen molar-refractivity contribution in [2.75, 3.05) is 6.54 Å². The average Bonchev–Trinajstić information content (AvgIpc) is 2.81. The van der Waals surface area contributed by atoms with E-state index in [9.17, 15) is 14.9 Å². The van der Waals surface area contributed by atoms with Gasteiger partial charge in [0, 0.05) is 18.7 Å². The summed E-state index contributed by atoms with van der Waals surface area (Å²) in [5.74, 6) is 0.968. The van der Waals surface area contributed by atoms with E-state index in [2.05, 4.69) is 12.2 Å². The molecule has 0 aliphatic heterocycles. The number of nitrogens with one attached hydrogen (secondary N) is 1. The monoisotopic (exact) mass is 296 g/mol. The van der Waals surface area contributed by atoms with Crippen LogP contribution in [0.4, 0.5) is 5.69 Å². The third-order valence-corrected chi connectivity index (χ3v) is 4.08. The van der Waals surface area contributed by atoms with Crippen molar-refractivity contribution in [3.8, 4) is 0 Å². The second-order valence-corrected chi connectivity index (χ2v) is 5.82. The topological polar surface area (TPSA) is 72.2 Å². The van der Waals surface area contributed by atoms with Crippen LogP contribution < -0.4 is 5.32 Å². The van der Waals surface area contributed by atoms with Crippen LogP contribution in [-0.4, -0.2) is 17.4 Å². The second kappa shape index (κ2) is 6.22. The van der Waals surface area contributed by atoms with E-state index in [4.69, 9.17) is 11.6 Å². The van der Waals surface area contributed by atoms with Crippen LogP contribution in [-0.2, 0) is 0 Å². The molecule has 1 fully saturated rings. The highest BCUT2D eigenvalue weighted by molar-refractivity contribution is 6.34. The summed E-state index contributed by atoms with van der Waals surface area (Å²) >= 11 is 5.92. The Bertz CT molecular complexity index is 533. The van der Waals surface area contributed by atoms with Crippen molar-refractivity contribution in [1.82, 2.24) is 5.32 Å². The van der Waals surface area contributed by atoms with Gasteiger partial charge >= 0.3 is 0 Å². The first-order chi connectivity index (χ1) is 9.47. The molecule has 2 unspecified atom stereocenters. The summed E-state index contributed by atoms with van der Waals surface area (Å²) < 4.78 is 0. The maximum absolute atomic E-state index is 12.0. The molecule has 2 rings (SSSR count). The molecule has 1 aromatic carbocycles. The number of benzene rings is 1. The summed E-state index contributed by atoms with van der Waals surface area (Å²) in [4.78, 5) is 22.1. The molecule has 0 radical (unpaired) electrons. The number of halogens is 1. The lowest BCUT2D eigenvalue weighted by molar-refractivity contribution is -0.384. The zero-order valence-electron chi connectivity index (χ0n) is 11.3. The van der Waals surface area contributed by atoms with Gasteiger partial charge in [-0.3, -0.25) is 14.9 Å². The summed E-state index contributed by atoms with van der Waals surface area (Å²) in [5, 5.41) is 13.6. The molecule has 1 aromatic rings.